The lowest BCUT2D eigenvalue weighted by molar-refractivity contribution is 0.00605. The number of fused-ring (bicyclic) bond motifs is 1. The van der Waals surface area contributed by atoms with Crippen molar-refractivity contribution in [3.63, 3.8) is 0 Å². The summed E-state index contributed by atoms with van der Waals surface area (Å²) in [6.07, 6.45) is 4.61. The lowest BCUT2D eigenvalue weighted by Crippen LogP contribution is -2.26. The fraction of sp³-hybridized carbons (Fsp3) is 0.714. The molecule has 110 valence electrons. The first kappa shape index (κ1) is 13.9. The maximum absolute atomic E-state index is 5.92. The van der Waals surface area contributed by atoms with Gasteiger partial charge in [0.15, 0.2) is 5.65 Å². The van der Waals surface area contributed by atoms with Gasteiger partial charge < -0.3 is 9.30 Å². The van der Waals surface area contributed by atoms with Crippen molar-refractivity contribution in [2.24, 2.45) is 7.05 Å². The smallest absolute Gasteiger partial charge is 0.158 e. The minimum atomic E-state index is 0.283. The highest BCUT2D eigenvalue weighted by atomic mass is 35.5. The van der Waals surface area contributed by atoms with Crippen LogP contribution in [0.3, 0.4) is 0 Å². The zero-order valence-electron chi connectivity index (χ0n) is 12.1. The Balaban J connectivity index is 1.98. The summed E-state index contributed by atoms with van der Waals surface area (Å²) in [7, 11) is 1.97. The number of halogens is 1. The molecule has 1 aliphatic heterocycles. The first-order valence-electron chi connectivity index (χ1n) is 7.27. The van der Waals surface area contributed by atoms with Crippen LogP contribution in [0.2, 0.25) is 0 Å². The van der Waals surface area contributed by atoms with Gasteiger partial charge >= 0.3 is 0 Å². The van der Waals surface area contributed by atoms with Crippen molar-refractivity contribution in [1.29, 1.82) is 0 Å². The van der Waals surface area contributed by atoms with Crippen molar-refractivity contribution in [3.8, 4) is 0 Å². The van der Waals surface area contributed by atoms with Gasteiger partial charge in [-0.1, -0.05) is 0 Å². The van der Waals surface area contributed by atoms with Crippen molar-refractivity contribution in [3.05, 3.63) is 11.5 Å². The fourth-order valence-corrected chi connectivity index (χ4v) is 3.17. The van der Waals surface area contributed by atoms with Gasteiger partial charge in [-0.3, -0.25) is 4.68 Å². The van der Waals surface area contributed by atoms with E-state index in [1.54, 1.807) is 0 Å². The summed E-state index contributed by atoms with van der Waals surface area (Å²) < 4.78 is 10.0. The molecule has 1 aliphatic rings. The Morgan fingerprint density at radius 2 is 2.25 bits per heavy atom. The van der Waals surface area contributed by atoms with E-state index in [1.165, 1.54) is 12.8 Å². The summed E-state index contributed by atoms with van der Waals surface area (Å²) in [5, 5.41) is 4.46. The minimum absolute atomic E-state index is 0.283. The van der Waals surface area contributed by atoms with Gasteiger partial charge in [0, 0.05) is 26.0 Å². The molecule has 1 fully saturated rings. The van der Waals surface area contributed by atoms with Crippen LogP contribution < -0.4 is 0 Å². The van der Waals surface area contributed by atoms with Crippen LogP contribution in [0.15, 0.2) is 0 Å². The molecule has 1 saturated heterocycles. The molecule has 0 saturated carbocycles. The lowest BCUT2D eigenvalue weighted by Gasteiger charge is -2.24. The van der Waals surface area contributed by atoms with Crippen LogP contribution in [0.1, 0.15) is 30.8 Å². The van der Waals surface area contributed by atoms with Gasteiger partial charge in [-0.25, -0.2) is 4.98 Å². The van der Waals surface area contributed by atoms with E-state index >= 15 is 0 Å². The summed E-state index contributed by atoms with van der Waals surface area (Å²) in [5.41, 5.74) is 3.04. The number of nitrogens with zero attached hydrogens (tertiary/aromatic N) is 4. The number of aryl methyl sites for hydroxylation is 3. The molecule has 0 amide bonds. The highest BCUT2D eigenvalue weighted by molar-refractivity contribution is 6.17. The van der Waals surface area contributed by atoms with Crippen LogP contribution in [-0.4, -0.2) is 37.9 Å². The molecule has 0 radical (unpaired) electrons. The molecule has 0 bridgehead atoms. The van der Waals surface area contributed by atoms with Crippen LogP contribution in [0.25, 0.3) is 11.2 Å². The van der Waals surface area contributed by atoms with Gasteiger partial charge in [0.05, 0.1) is 18.3 Å². The monoisotopic (exact) mass is 296 g/mol. The van der Waals surface area contributed by atoms with E-state index in [0.29, 0.717) is 5.88 Å². The van der Waals surface area contributed by atoms with E-state index in [0.717, 1.165) is 48.7 Å². The second-order valence-electron chi connectivity index (χ2n) is 5.45. The largest absolute Gasteiger partial charge is 0.376 e. The average molecular weight is 297 g/mol. The van der Waals surface area contributed by atoms with Gasteiger partial charge in [-0.2, -0.15) is 5.10 Å². The third kappa shape index (κ3) is 2.44. The molecule has 2 aromatic heterocycles. The zero-order chi connectivity index (χ0) is 14.1. The molecule has 3 heterocycles. The van der Waals surface area contributed by atoms with Gasteiger partial charge in [0.25, 0.3) is 0 Å². The molecule has 0 spiro atoms. The van der Waals surface area contributed by atoms with Gasteiger partial charge in [0.1, 0.15) is 11.3 Å². The lowest BCUT2D eigenvalue weighted by atomic mass is 10.1. The first-order valence-corrected chi connectivity index (χ1v) is 7.80. The predicted octanol–water partition coefficient (Wildman–Crippen LogP) is 2.43. The maximum Gasteiger partial charge on any atom is 0.158 e. The highest BCUT2D eigenvalue weighted by Crippen LogP contribution is 2.22. The van der Waals surface area contributed by atoms with E-state index in [2.05, 4.69) is 9.67 Å². The van der Waals surface area contributed by atoms with Crippen molar-refractivity contribution in [1.82, 2.24) is 19.3 Å². The Labute approximate surface area is 123 Å². The molecule has 1 atom stereocenters. The molecule has 0 N–H and O–H groups in total. The normalized spacial score (nSPS) is 19.9. The van der Waals surface area contributed by atoms with Crippen LogP contribution in [0.4, 0.5) is 0 Å². The predicted molar refractivity (Wildman–Crippen MR) is 79.3 cm³/mol. The summed E-state index contributed by atoms with van der Waals surface area (Å²) in [6, 6.07) is 0. The Bertz CT molecular complexity index is 598. The van der Waals surface area contributed by atoms with E-state index in [9.17, 15) is 0 Å². The number of hydrogen-bond acceptors (Lipinski definition) is 3. The third-order valence-corrected chi connectivity index (χ3v) is 4.14. The molecule has 20 heavy (non-hydrogen) atoms. The van der Waals surface area contributed by atoms with Crippen molar-refractivity contribution in [2.75, 3.05) is 12.5 Å². The summed E-state index contributed by atoms with van der Waals surface area (Å²) in [5.74, 6) is 1.63. The SMILES string of the molecule is Cc1nn(C)c2c1nc(CCCl)n2CC1CCCCO1. The van der Waals surface area contributed by atoms with E-state index < -0.39 is 0 Å². The van der Waals surface area contributed by atoms with Crippen molar-refractivity contribution < 1.29 is 4.74 Å². The maximum atomic E-state index is 5.92. The molecule has 1 unspecified atom stereocenters. The van der Waals surface area contributed by atoms with E-state index in [-0.39, 0.29) is 6.10 Å². The second-order valence-corrected chi connectivity index (χ2v) is 5.83. The molecule has 5 nitrogen and oxygen atoms in total. The fourth-order valence-electron chi connectivity index (χ4n) is 3.00. The van der Waals surface area contributed by atoms with Crippen molar-refractivity contribution in [2.45, 2.75) is 45.3 Å². The number of alkyl halides is 1. The molecular weight excluding hydrogens is 276 g/mol. The molecule has 3 rings (SSSR count). The van der Waals surface area contributed by atoms with Crippen molar-refractivity contribution >= 4 is 22.8 Å². The Kier molecular flexibility index (Phi) is 3.98. The second kappa shape index (κ2) is 5.74. The number of imidazole rings is 1. The molecule has 0 aromatic carbocycles. The van der Waals surface area contributed by atoms with E-state index in [1.807, 2.05) is 18.7 Å². The van der Waals surface area contributed by atoms with Crippen LogP contribution in [0.5, 0.6) is 0 Å². The zero-order valence-corrected chi connectivity index (χ0v) is 12.9. The Morgan fingerprint density at radius 1 is 1.40 bits per heavy atom. The minimum Gasteiger partial charge on any atom is -0.376 e. The number of hydrogen-bond donors (Lipinski definition) is 0. The molecular formula is C14H21ClN4O. The summed E-state index contributed by atoms with van der Waals surface area (Å²) in [4.78, 5) is 4.73. The summed E-state index contributed by atoms with van der Waals surface area (Å²) >= 11 is 5.92. The average Bonchev–Trinajstić information content (AvgIpc) is 2.92. The molecule has 2 aromatic rings. The number of ether oxygens (including phenoxy) is 1. The van der Waals surface area contributed by atoms with Gasteiger partial charge in [-0.05, 0) is 26.2 Å². The van der Waals surface area contributed by atoms with E-state index in [4.69, 9.17) is 21.3 Å². The standard InChI is InChI=1S/C14H21ClN4O/c1-10-13-14(18(2)17-10)19(12(16-13)6-7-15)9-11-5-3-4-8-20-11/h11H,3-9H2,1-2H3. The Hall–Kier alpha value is -1.07. The van der Waals surface area contributed by atoms with Crippen LogP contribution in [0, 0.1) is 6.92 Å². The van der Waals surface area contributed by atoms with Gasteiger partial charge in [0.2, 0.25) is 0 Å². The highest BCUT2D eigenvalue weighted by Gasteiger charge is 2.21. The van der Waals surface area contributed by atoms with Crippen LogP contribution in [-0.2, 0) is 24.8 Å². The topological polar surface area (TPSA) is 44.9 Å². The quantitative estimate of drug-likeness (QED) is 0.814. The van der Waals surface area contributed by atoms with Crippen LogP contribution >= 0.6 is 11.6 Å². The summed E-state index contributed by atoms with van der Waals surface area (Å²) in [6.45, 7) is 3.72. The Morgan fingerprint density at radius 3 is 2.95 bits per heavy atom. The first-order chi connectivity index (χ1) is 9.70. The third-order valence-electron chi connectivity index (χ3n) is 3.95. The van der Waals surface area contributed by atoms with Gasteiger partial charge in [-0.15, -0.1) is 11.6 Å². The molecule has 6 heteroatoms. The number of rotatable bonds is 4. The molecule has 0 aliphatic carbocycles. The number of aromatic nitrogens is 4.